The minimum absolute atomic E-state index is 0.0761. The maximum atomic E-state index is 11.9. The SMILES string of the molecule is COCCNC(=O)CSC1CCCCC1Sc1cc(Cl)ccc1Cl. The number of carbonyl (C=O) groups excluding carboxylic acids is 1. The molecular weight excluding hydrogens is 385 g/mol. The molecule has 134 valence electrons. The van der Waals surface area contributed by atoms with Crippen molar-refractivity contribution in [3.8, 4) is 0 Å². The number of methoxy groups -OCH3 is 1. The van der Waals surface area contributed by atoms with Gasteiger partial charge in [0, 0.05) is 34.1 Å². The number of carbonyl (C=O) groups is 1. The van der Waals surface area contributed by atoms with Crippen LogP contribution in [-0.4, -0.2) is 42.4 Å². The molecule has 2 unspecified atom stereocenters. The van der Waals surface area contributed by atoms with E-state index in [0.717, 1.165) is 22.8 Å². The second-order valence-electron chi connectivity index (χ2n) is 5.71. The quantitative estimate of drug-likeness (QED) is 0.622. The van der Waals surface area contributed by atoms with Crippen LogP contribution in [0.3, 0.4) is 0 Å². The number of hydrogen-bond donors (Lipinski definition) is 1. The van der Waals surface area contributed by atoms with Crippen LogP contribution in [0.1, 0.15) is 25.7 Å². The average Bonchev–Trinajstić information content (AvgIpc) is 2.57. The van der Waals surface area contributed by atoms with Gasteiger partial charge in [0.2, 0.25) is 5.91 Å². The maximum Gasteiger partial charge on any atom is 0.230 e. The minimum Gasteiger partial charge on any atom is -0.383 e. The highest BCUT2D eigenvalue weighted by Crippen LogP contribution is 2.42. The zero-order chi connectivity index (χ0) is 17.4. The van der Waals surface area contributed by atoms with Gasteiger partial charge in [0.15, 0.2) is 0 Å². The summed E-state index contributed by atoms with van der Waals surface area (Å²) in [6.07, 6.45) is 4.75. The second-order valence-corrected chi connectivity index (χ2v) is 9.06. The zero-order valence-corrected chi connectivity index (χ0v) is 16.9. The molecule has 0 spiro atoms. The van der Waals surface area contributed by atoms with Crippen molar-refractivity contribution in [2.24, 2.45) is 0 Å². The average molecular weight is 408 g/mol. The summed E-state index contributed by atoms with van der Waals surface area (Å²) < 4.78 is 4.94. The van der Waals surface area contributed by atoms with Crippen LogP contribution in [0.2, 0.25) is 10.0 Å². The lowest BCUT2D eigenvalue weighted by Crippen LogP contribution is -2.31. The third kappa shape index (κ3) is 6.68. The number of amides is 1. The highest BCUT2D eigenvalue weighted by Gasteiger charge is 2.27. The van der Waals surface area contributed by atoms with Crippen molar-refractivity contribution < 1.29 is 9.53 Å². The van der Waals surface area contributed by atoms with E-state index >= 15 is 0 Å². The van der Waals surface area contributed by atoms with Crippen molar-refractivity contribution in [3.63, 3.8) is 0 Å². The van der Waals surface area contributed by atoms with Crippen LogP contribution in [0.5, 0.6) is 0 Å². The first-order valence-corrected chi connectivity index (χ1v) is 10.8. The van der Waals surface area contributed by atoms with E-state index < -0.39 is 0 Å². The van der Waals surface area contributed by atoms with Crippen LogP contribution in [0.25, 0.3) is 0 Å². The van der Waals surface area contributed by atoms with Gasteiger partial charge in [-0.25, -0.2) is 0 Å². The van der Waals surface area contributed by atoms with Crippen molar-refractivity contribution >= 4 is 52.6 Å². The number of ether oxygens (including phenoxy) is 1. The molecule has 1 aliphatic rings. The Kier molecular flexibility index (Phi) is 9.12. The molecule has 0 saturated heterocycles. The van der Waals surface area contributed by atoms with E-state index in [1.165, 1.54) is 12.8 Å². The first kappa shape index (κ1) is 20.2. The molecule has 2 atom stereocenters. The van der Waals surface area contributed by atoms with E-state index in [9.17, 15) is 4.79 Å². The zero-order valence-electron chi connectivity index (χ0n) is 13.7. The molecule has 24 heavy (non-hydrogen) atoms. The van der Waals surface area contributed by atoms with E-state index in [2.05, 4.69) is 5.32 Å². The number of halogens is 2. The Hall–Kier alpha value is -0.0700. The molecule has 1 aliphatic carbocycles. The number of hydrogen-bond acceptors (Lipinski definition) is 4. The van der Waals surface area contributed by atoms with Crippen molar-refractivity contribution in [1.82, 2.24) is 5.32 Å². The molecule has 0 aliphatic heterocycles. The molecule has 1 aromatic carbocycles. The molecule has 7 heteroatoms. The Morgan fingerprint density at radius 1 is 1.29 bits per heavy atom. The third-order valence-corrected chi connectivity index (χ3v) is 7.60. The molecule has 2 rings (SSSR count). The Morgan fingerprint density at radius 2 is 2.04 bits per heavy atom. The van der Waals surface area contributed by atoms with Crippen molar-refractivity contribution in [2.45, 2.75) is 41.1 Å². The third-order valence-electron chi connectivity index (χ3n) is 3.87. The molecule has 1 N–H and O–H groups in total. The van der Waals surface area contributed by atoms with Crippen molar-refractivity contribution in [2.75, 3.05) is 26.0 Å². The number of rotatable bonds is 8. The Balaban J connectivity index is 1.88. The molecular formula is C17H23Cl2NO2S2. The maximum absolute atomic E-state index is 11.9. The summed E-state index contributed by atoms with van der Waals surface area (Å²) >= 11 is 15.9. The van der Waals surface area contributed by atoms with Gasteiger partial charge in [-0.3, -0.25) is 4.79 Å². The van der Waals surface area contributed by atoms with Crippen LogP contribution >= 0.6 is 46.7 Å². The lowest BCUT2D eigenvalue weighted by atomic mass is 10.00. The normalized spacial score (nSPS) is 20.8. The molecule has 0 bridgehead atoms. The van der Waals surface area contributed by atoms with Gasteiger partial charge in [0.05, 0.1) is 17.4 Å². The number of thioether (sulfide) groups is 2. The Labute approximate surface area is 162 Å². The molecule has 0 aromatic heterocycles. The summed E-state index contributed by atoms with van der Waals surface area (Å²) in [5, 5.41) is 5.26. The highest BCUT2D eigenvalue weighted by atomic mass is 35.5. The summed E-state index contributed by atoms with van der Waals surface area (Å²) in [4.78, 5) is 12.9. The van der Waals surface area contributed by atoms with Gasteiger partial charge in [-0.2, -0.15) is 0 Å². The minimum atomic E-state index is 0.0761. The van der Waals surface area contributed by atoms with E-state index in [1.807, 2.05) is 18.2 Å². The predicted octanol–water partition coefficient (Wildman–Crippen LogP) is 4.89. The first-order chi connectivity index (χ1) is 11.6. The fourth-order valence-electron chi connectivity index (χ4n) is 2.65. The van der Waals surface area contributed by atoms with Gasteiger partial charge < -0.3 is 10.1 Å². The molecule has 1 amide bonds. The van der Waals surface area contributed by atoms with Gasteiger partial charge in [0.25, 0.3) is 0 Å². The monoisotopic (exact) mass is 407 g/mol. The van der Waals surface area contributed by atoms with Gasteiger partial charge >= 0.3 is 0 Å². The van der Waals surface area contributed by atoms with E-state index in [0.29, 0.717) is 34.4 Å². The first-order valence-electron chi connectivity index (χ1n) is 8.09. The fraction of sp³-hybridized carbons (Fsp3) is 0.588. The van der Waals surface area contributed by atoms with E-state index in [4.69, 9.17) is 27.9 Å². The topological polar surface area (TPSA) is 38.3 Å². The van der Waals surface area contributed by atoms with E-state index in [1.54, 1.807) is 30.6 Å². The number of benzene rings is 1. The van der Waals surface area contributed by atoms with E-state index in [-0.39, 0.29) is 5.91 Å². The van der Waals surface area contributed by atoms with Crippen LogP contribution < -0.4 is 5.32 Å². The van der Waals surface area contributed by atoms with Crippen LogP contribution in [0.4, 0.5) is 0 Å². The standard InChI is InChI=1S/C17H23Cl2NO2S2/c1-22-9-8-20-17(21)11-23-14-4-2-3-5-15(14)24-16-10-12(18)6-7-13(16)19/h6-7,10,14-15H,2-5,8-9,11H2,1H3,(H,20,21). The molecule has 3 nitrogen and oxygen atoms in total. The summed E-state index contributed by atoms with van der Waals surface area (Å²) in [5.41, 5.74) is 0. The Morgan fingerprint density at radius 3 is 2.79 bits per heavy atom. The largest absolute Gasteiger partial charge is 0.383 e. The van der Waals surface area contributed by atoms with Gasteiger partial charge in [-0.15, -0.1) is 23.5 Å². The second kappa shape index (κ2) is 10.8. The van der Waals surface area contributed by atoms with Crippen LogP contribution in [-0.2, 0) is 9.53 Å². The fourth-order valence-corrected chi connectivity index (χ4v) is 5.96. The molecule has 1 aromatic rings. The lowest BCUT2D eigenvalue weighted by molar-refractivity contribution is -0.118. The molecule has 0 heterocycles. The van der Waals surface area contributed by atoms with Gasteiger partial charge in [0.1, 0.15) is 0 Å². The smallest absolute Gasteiger partial charge is 0.230 e. The Bertz CT molecular complexity index is 545. The molecule has 1 fully saturated rings. The summed E-state index contributed by atoms with van der Waals surface area (Å²) in [7, 11) is 1.63. The summed E-state index contributed by atoms with van der Waals surface area (Å²) in [6.45, 7) is 1.11. The molecule has 1 saturated carbocycles. The van der Waals surface area contributed by atoms with Crippen LogP contribution in [0, 0.1) is 0 Å². The summed E-state index contributed by atoms with van der Waals surface area (Å²) in [5.74, 6) is 0.571. The van der Waals surface area contributed by atoms with Crippen molar-refractivity contribution in [1.29, 1.82) is 0 Å². The lowest BCUT2D eigenvalue weighted by Gasteiger charge is -2.30. The van der Waals surface area contributed by atoms with Gasteiger partial charge in [-0.1, -0.05) is 36.0 Å². The van der Waals surface area contributed by atoms with Crippen LogP contribution in [0.15, 0.2) is 23.1 Å². The van der Waals surface area contributed by atoms with Crippen molar-refractivity contribution in [3.05, 3.63) is 28.2 Å². The van der Waals surface area contributed by atoms with Gasteiger partial charge in [-0.05, 0) is 31.0 Å². The highest BCUT2D eigenvalue weighted by molar-refractivity contribution is 8.04. The summed E-state index contributed by atoms with van der Waals surface area (Å²) in [6, 6.07) is 5.59. The molecule has 0 radical (unpaired) electrons. The predicted molar refractivity (Wildman–Crippen MR) is 106 cm³/mol. The number of nitrogens with one attached hydrogen (secondary N) is 1.